The number of nitrogen functional groups attached to an aromatic ring is 1. The van der Waals surface area contributed by atoms with E-state index in [9.17, 15) is 8.42 Å². The lowest BCUT2D eigenvalue weighted by Gasteiger charge is -2.09. The van der Waals surface area contributed by atoms with Gasteiger partial charge in [0.05, 0.1) is 11.4 Å². The van der Waals surface area contributed by atoms with E-state index in [1.807, 2.05) is 6.92 Å². The van der Waals surface area contributed by atoms with Crippen LogP contribution in [-0.4, -0.2) is 14.2 Å². The first-order chi connectivity index (χ1) is 7.48. The number of sulfonamides is 1. The molecule has 5 nitrogen and oxygen atoms in total. The zero-order chi connectivity index (χ0) is 12.2. The first-order valence-corrected chi connectivity index (χ1v) is 6.72. The summed E-state index contributed by atoms with van der Waals surface area (Å²) in [6, 6.07) is 4.96. The third-order valence-electron chi connectivity index (χ3n) is 2.11. The van der Waals surface area contributed by atoms with E-state index in [2.05, 4.69) is 4.72 Å². The zero-order valence-electron chi connectivity index (χ0n) is 9.23. The lowest BCUT2D eigenvalue weighted by atomic mass is 10.1. The third-order valence-corrected chi connectivity index (χ3v) is 3.60. The van der Waals surface area contributed by atoms with E-state index in [1.54, 1.807) is 18.2 Å². The minimum atomic E-state index is -3.26. The van der Waals surface area contributed by atoms with E-state index in [0.717, 1.165) is 5.56 Å². The van der Waals surface area contributed by atoms with Crippen LogP contribution >= 0.6 is 0 Å². The summed E-state index contributed by atoms with van der Waals surface area (Å²) in [7, 11) is -3.26. The Morgan fingerprint density at radius 2 is 2.06 bits per heavy atom. The maximum Gasteiger partial charge on any atom is 0.232 e. The van der Waals surface area contributed by atoms with Crippen molar-refractivity contribution in [2.24, 2.45) is 5.73 Å². The van der Waals surface area contributed by atoms with Crippen molar-refractivity contribution in [1.82, 2.24) is 0 Å². The molecule has 0 aliphatic carbocycles. The Hall–Kier alpha value is -1.27. The summed E-state index contributed by atoms with van der Waals surface area (Å²) in [5, 5.41) is 0. The molecule has 0 heterocycles. The van der Waals surface area contributed by atoms with Gasteiger partial charge in [0.15, 0.2) is 0 Å². The summed E-state index contributed by atoms with van der Waals surface area (Å²) < 4.78 is 25.4. The van der Waals surface area contributed by atoms with Crippen LogP contribution in [0.15, 0.2) is 18.2 Å². The summed E-state index contributed by atoms with van der Waals surface area (Å²) in [5.74, 6) is 0.103. The number of rotatable bonds is 5. The van der Waals surface area contributed by atoms with E-state index in [-0.39, 0.29) is 5.75 Å². The van der Waals surface area contributed by atoms with E-state index in [1.165, 1.54) is 0 Å². The van der Waals surface area contributed by atoms with Gasteiger partial charge in [-0.2, -0.15) is 0 Å². The SMILES string of the molecule is CCCS(=O)(=O)Nc1ccc(CN)c(N)c1. The van der Waals surface area contributed by atoms with Crippen LogP contribution in [-0.2, 0) is 16.6 Å². The molecular weight excluding hydrogens is 226 g/mol. The molecule has 1 rings (SSSR count). The van der Waals surface area contributed by atoms with Crippen molar-refractivity contribution in [2.45, 2.75) is 19.9 Å². The molecule has 0 aliphatic rings. The second-order valence-electron chi connectivity index (χ2n) is 3.54. The number of hydrogen-bond donors (Lipinski definition) is 3. The molecule has 0 spiro atoms. The number of nitrogens with one attached hydrogen (secondary N) is 1. The maximum absolute atomic E-state index is 11.5. The smallest absolute Gasteiger partial charge is 0.232 e. The van der Waals surface area contributed by atoms with Crippen molar-refractivity contribution in [1.29, 1.82) is 0 Å². The van der Waals surface area contributed by atoms with Gasteiger partial charge in [0.1, 0.15) is 0 Å². The normalized spacial score (nSPS) is 11.4. The number of anilines is 2. The third kappa shape index (κ3) is 3.39. The van der Waals surface area contributed by atoms with Gasteiger partial charge in [-0.3, -0.25) is 4.72 Å². The van der Waals surface area contributed by atoms with Crippen molar-refractivity contribution in [2.75, 3.05) is 16.2 Å². The fourth-order valence-electron chi connectivity index (χ4n) is 1.34. The van der Waals surface area contributed by atoms with Crippen LogP contribution in [0.3, 0.4) is 0 Å². The van der Waals surface area contributed by atoms with Crippen molar-refractivity contribution < 1.29 is 8.42 Å². The van der Waals surface area contributed by atoms with Gasteiger partial charge < -0.3 is 11.5 Å². The van der Waals surface area contributed by atoms with Crippen LogP contribution < -0.4 is 16.2 Å². The number of hydrogen-bond acceptors (Lipinski definition) is 4. The number of benzene rings is 1. The highest BCUT2D eigenvalue weighted by molar-refractivity contribution is 7.92. The van der Waals surface area contributed by atoms with Crippen molar-refractivity contribution in [3.63, 3.8) is 0 Å². The second kappa shape index (κ2) is 5.18. The largest absolute Gasteiger partial charge is 0.398 e. The van der Waals surface area contributed by atoms with Gasteiger partial charge in [-0.25, -0.2) is 8.42 Å². The monoisotopic (exact) mass is 243 g/mol. The molecule has 0 unspecified atom stereocenters. The molecule has 0 amide bonds. The molecule has 0 saturated carbocycles. The Kier molecular flexibility index (Phi) is 4.14. The molecule has 1 aromatic carbocycles. The predicted molar refractivity (Wildman–Crippen MR) is 66.4 cm³/mol. The van der Waals surface area contributed by atoms with Crippen LogP contribution in [0.5, 0.6) is 0 Å². The highest BCUT2D eigenvalue weighted by atomic mass is 32.2. The topological polar surface area (TPSA) is 98.2 Å². The Bertz CT molecular complexity index is 457. The Balaban J connectivity index is 2.87. The molecule has 5 N–H and O–H groups in total. The first kappa shape index (κ1) is 12.8. The van der Waals surface area contributed by atoms with E-state index >= 15 is 0 Å². The molecule has 90 valence electrons. The van der Waals surface area contributed by atoms with Crippen molar-refractivity contribution in [3.05, 3.63) is 23.8 Å². The quantitative estimate of drug-likeness (QED) is 0.668. The Morgan fingerprint density at radius 1 is 1.38 bits per heavy atom. The van der Waals surface area contributed by atoms with Crippen LogP contribution in [0.25, 0.3) is 0 Å². The van der Waals surface area contributed by atoms with Crippen LogP contribution in [0.4, 0.5) is 11.4 Å². The standard InChI is InChI=1S/C10H17N3O2S/c1-2-5-16(14,15)13-9-4-3-8(7-11)10(12)6-9/h3-4,6,13H,2,5,7,11-12H2,1H3. The fourth-order valence-corrected chi connectivity index (χ4v) is 2.47. The molecule has 16 heavy (non-hydrogen) atoms. The van der Waals surface area contributed by atoms with Crippen LogP contribution in [0.1, 0.15) is 18.9 Å². The second-order valence-corrected chi connectivity index (χ2v) is 5.38. The lowest BCUT2D eigenvalue weighted by molar-refractivity contribution is 0.600. The summed E-state index contributed by atoms with van der Waals surface area (Å²) in [6.45, 7) is 2.15. The van der Waals surface area contributed by atoms with Gasteiger partial charge in [0.2, 0.25) is 10.0 Å². The van der Waals surface area contributed by atoms with Gasteiger partial charge in [0.25, 0.3) is 0 Å². The summed E-state index contributed by atoms with van der Waals surface area (Å²) in [5.41, 5.74) is 12.9. The Labute approximate surface area is 95.9 Å². The van der Waals surface area contributed by atoms with E-state index < -0.39 is 10.0 Å². The highest BCUT2D eigenvalue weighted by Gasteiger charge is 2.09. The highest BCUT2D eigenvalue weighted by Crippen LogP contribution is 2.18. The minimum absolute atomic E-state index is 0.103. The molecule has 0 fully saturated rings. The average molecular weight is 243 g/mol. The van der Waals surface area contributed by atoms with Crippen molar-refractivity contribution >= 4 is 21.4 Å². The zero-order valence-corrected chi connectivity index (χ0v) is 10.0. The molecule has 0 saturated heterocycles. The van der Waals surface area contributed by atoms with Gasteiger partial charge in [0, 0.05) is 12.2 Å². The molecule has 0 bridgehead atoms. The molecule has 6 heteroatoms. The Morgan fingerprint density at radius 3 is 2.56 bits per heavy atom. The van der Waals surface area contributed by atoms with Crippen LogP contribution in [0, 0.1) is 0 Å². The number of nitrogens with two attached hydrogens (primary N) is 2. The molecular formula is C10H17N3O2S. The van der Waals surface area contributed by atoms with Crippen molar-refractivity contribution in [3.8, 4) is 0 Å². The average Bonchev–Trinajstić information content (AvgIpc) is 2.17. The van der Waals surface area contributed by atoms with E-state index in [0.29, 0.717) is 24.3 Å². The summed E-state index contributed by atoms with van der Waals surface area (Å²) in [6.07, 6.45) is 0.575. The molecule has 0 atom stereocenters. The maximum atomic E-state index is 11.5. The summed E-state index contributed by atoms with van der Waals surface area (Å²) >= 11 is 0. The van der Waals surface area contributed by atoms with Gasteiger partial charge >= 0.3 is 0 Å². The predicted octanol–water partition coefficient (Wildman–Crippen LogP) is 0.879. The van der Waals surface area contributed by atoms with Gasteiger partial charge in [-0.15, -0.1) is 0 Å². The molecule has 0 radical (unpaired) electrons. The summed E-state index contributed by atoms with van der Waals surface area (Å²) in [4.78, 5) is 0. The lowest BCUT2D eigenvalue weighted by Crippen LogP contribution is -2.16. The first-order valence-electron chi connectivity index (χ1n) is 5.07. The van der Waals surface area contributed by atoms with Gasteiger partial charge in [-0.05, 0) is 24.1 Å². The molecule has 0 aliphatic heterocycles. The van der Waals surface area contributed by atoms with Gasteiger partial charge in [-0.1, -0.05) is 13.0 Å². The molecule has 0 aromatic heterocycles. The molecule has 1 aromatic rings. The van der Waals surface area contributed by atoms with Crippen LogP contribution in [0.2, 0.25) is 0 Å². The fraction of sp³-hybridized carbons (Fsp3) is 0.400. The van der Waals surface area contributed by atoms with E-state index in [4.69, 9.17) is 11.5 Å². The minimum Gasteiger partial charge on any atom is -0.398 e.